The summed E-state index contributed by atoms with van der Waals surface area (Å²) in [6, 6.07) is 72.0. The number of para-hydroxylation sites is 1. The van der Waals surface area contributed by atoms with Crippen molar-refractivity contribution in [3.05, 3.63) is 200 Å². The molecule has 0 unspecified atom stereocenters. The van der Waals surface area contributed by atoms with Crippen LogP contribution in [0.15, 0.2) is 194 Å². The van der Waals surface area contributed by atoms with E-state index in [1.807, 2.05) is 12.1 Å². The molecule has 0 saturated heterocycles. The second-order valence-corrected chi connectivity index (χ2v) is 14.3. The van der Waals surface area contributed by atoms with Crippen molar-refractivity contribution in [3.8, 4) is 45.1 Å². The molecule has 2 heteroatoms. The summed E-state index contributed by atoms with van der Waals surface area (Å²) < 4.78 is 2.37. The topological polar surface area (TPSA) is 28.7 Å². The molecule has 0 saturated carbocycles. The summed E-state index contributed by atoms with van der Waals surface area (Å²) in [5.41, 5.74) is 10.7. The highest BCUT2D eigenvalue weighted by Crippen LogP contribution is 2.45. The summed E-state index contributed by atoms with van der Waals surface area (Å²) in [6.07, 6.45) is 0. The summed E-state index contributed by atoms with van der Waals surface area (Å²) in [4.78, 5) is 0. The molecule has 55 heavy (non-hydrogen) atoms. The Balaban J connectivity index is 1.17. The van der Waals surface area contributed by atoms with Crippen molar-refractivity contribution >= 4 is 64.9 Å². The molecule has 0 aliphatic heterocycles. The molecular formula is C53H32N2. The molecule has 0 radical (unpaired) electrons. The van der Waals surface area contributed by atoms with E-state index in [4.69, 9.17) is 0 Å². The van der Waals surface area contributed by atoms with Gasteiger partial charge in [0, 0.05) is 21.8 Å². The van der Waals surface area contributed by atoms with E-state index in [1.165, 1.54) is 70.6 Å². The van der Waals surface area contributed by atoms with Gasteiger partial charge < -0.3 is 4.57 Å². The van der Waals surface area contributed by atoms with Crippen LogP contribution in [0.4, 0.5) is 0 Å². The first-order chi connectivity index (χ1) is 27.3. The Labute approximate surface area is 318 Å². The number of aromatic nitrogens is 1. The van der Waals surface area contributed by atoms with Crippen molar-refractivity contribution in [3.63, 3.8) is 0 Å². The van der Waals surface area contributed by atoms with Crippen molar-refractivity contribution in [2.75, 3.05) is 0 Å². The van der Waals surface area contributed by atoms with Gasteiger partial charge in [-0.05, 0) is 101 Å². The molecule has 0 bridgehead atoms. The van der Waals surface area contributed by atoms with Gasteiger partial charge in [0.05, 0.1) is 22.7 Å². The van der Waals surface area contributed by atoms with Crippen LogP contribution in [0.5, 0.6) is 0 Å². The predicted molar refractivity (Wildman–Crippen MR) is 232 cm³/mol. The Kier molecular flexibility index (Phi) is 6.96. The fourth-order valence-electron chi connectivity index (χ4n) is 9.08. The first kappa shape index (κ1) is 31.1. The Morgan fingerprint density at radius 2 is 0.836 bits per heavy atom. The number of nitrogens with zero attached hydrogens (tertiary/aromatic N) is 2. The van der Waals surface area contributed by atoms with Crippen LogP contribution >= 0.6 is 0 Å². The maximum absolute atomic E-state index is 10.5. The number of nitriles is 1. The number of benzene rings is 10. The Bertz CT molecular complexity index is 3320. The molecule has 0 aliphatic rings. The highest BCUT2D eigenvalue weighted by Gasteiger charge is 2.20. The molecule has 2 nitrogen and oxygen atoms in total. The van der Waals surface area contributed by atoms with Gasteiger partial charge in [0.2, 0.25) is 0 Å². The summed E-state index contributed by atoms with van der Waals surface area (Å²) >= 11 is 0. The molecule has 0 aliphatic carbocycles. The van der Waals surface area contributed by atoms with Crippen LogP contribution in [0.25, 0.3) is 104 Å². The largest absolute Gasteiger partial charge is 0.309 e. The Morgan fingerprint density at radius 3 is 1.49 bits per heavy atom. The van der Waals surface area contributed by atoms with Gasteiger partial charge in [0.1, 0.15) is 0 Å². The van der Waals surface area contributed by atoms with Crippen molar-refractivity contribution in [2.45, 2.75) is 0 Å². The zero-order chi connectivity index (χ0) is 36.5. The van der Waals surface area contributed by atoms with Crippen LogP contribution in [0.2, 0.25) is 0 Å². The van der Waals surface area contributed by atoms with Crippen LogP contribution < -0.4 is 0 Å². The summed E-state index contributed by atoms with van der Waals surface area (Å²) in [6.45, 7) is 0. The van der Waals surface area contributed by atoms with E-state index in [2.05, 4.69) is 193 Å². The number of hydrogen-bond donors (Lipinski definition) is 0. The number of hydrogen-bond acceptors (Lipinski definition) is 1. The summed E-state index contributed by atoms with van der Waals surface area (Å²) in [5.74, 6) is 0. The maximum Gasteiger partial charge on any atom is 0.0992 e. The number of rotatable bonds is 4. The molecule has 0 N–H and O–H groups in total. The Morgan fingerprint density at radius 1 is 0.345 bits per heavy atom. The van der Waals surface area contributed by atoms with E-state index in [0.717, 1.165) is 33.4 Å². The lowest BCUT2D eigenvalue weighted by Gasteiger charge is -2.18. The average Bonchev–Trinajstić information content (AvgIpc) is 3.61. The van der Waals surface area contributed by atoms with Crippen LogP contribution in [-0.4, -0.2) is 4.57 Å². The zero-order valence-corrected chi connectivity index (χ0v) is 29.9. The van der Waals surface area contributed by atoms with Gasteiger partial charge in [-0.3, -0.25) is 0 Å². The smallest absolute Gasteiger partial charge is 0.0992 e. The van der Waals surface area contributed by atoms with Crippen molar-refractivity contribution in [1.82, 2.24) is 4.57 Å². The average molecular weight is 697 g/mol. The van der Waals surface area contributed by atoms with E-state index in [1.54, 1.807) is 0 Å². The zero-order valence-electron chi connectivity index (χ0n) is 29.9. The standard InChI is InChI=1S/C53H32N2/c54-33-34-29-38(32-39(30-34)55-49-28-13-12-27-48(49)52-42-21-6-4-19-40(42)41-20-5-11-26-47(41)53(52)55)36-17-14-18-37(31-36)51-45-24-9-7-22-43(45)50(35-15-2-1-3-16-35)44-23-8-10-25-46(44)51/h1-32H. The molecular weight excluding hydrogens is 665 g/mol. The van der Waals surface area contributed by atoms with Gasteiger partial charge in [-0.2, -0.15) is 5.26 Å². The lowest BCUT2D eigenvalue weighted by molar-refractivity contribution is 1.18. The normalized spacial score (nSPS) is 11.6. The van der Waals surface area contributed by atoms with Crippen molar-refractivity contribution in [1.29, 1.82) is 5.26 Å². The van der Waals surface area contributed by atoms with Gasteiger partial charge in [-0.15, -0.1) is 0 Å². The minimum absolute atomic E-state index is 0.622. The van der Waals surface area contributed by atoms with Gasteiger partial charge >= 0.3 is 0 Å². The molecule has 254 valence electrons. The van der Waals surface area contributed by atoms with Crippen molar-refractivity contribution < 1.29 is 0 Å². The third-order valence-corrected chi connectivity index (χ3v) is 11.3. The van der Waals surface area contributed by atoms with Gasteiger partial charge in [-0.25, -0.2) is 0 Å². The SMILES string of the molecule is N#Cc1cc(-c2cccc(-c3c4ccccc4c(-c4ccccc4)c4ccccc34)c2)cc(-n2c3ccccc3c3c4ccccc4c4ccccc4c32)c1. The second-order valence-electron chi connectivity index (χ2n) is 14.3. The third-order valence-electron chi connectivity index (χ3n) is 11.3. The molecule has 10 aromatic carbocycles. The quantitative estimate of drug-likeness (QED) is 0.133. The minimum Gasteiger partial charge on any atom is -0.309 e. The lowest BCUT2D eigenvalue weighted by atomic mass is 9.85. The van der Waals surface area contributed by atoms with Crippen LogP contribution in [-0.2, 0) is 0 Å². The second kappa shape index (κ2) is 12.3. The fraction of sp³-hybridized carbons (Fsp3) is 0. The molecule has 0 fully saturated rings. The van der Waals surface area contributed by atoms with E-state index < -0.39 is 0 Å². The Hall–Kier alpha value is -7.47. The molecule has 1 aromatic heterocycles. The van der Waals surface area contributed by atoms with Crippen molar-refractivity contribution in [2.24, 2.45) is 0 Å². The lowest BCUT2D eigenvalue weighted by Crippen LogP contribution is -1.97. The van der Waals surface area contributed by atoms with Crippen LogP contribution in [0.3, 0.4) is 0 Å². The highest BCUT2D eigenvalue weighted by atomic mass is 15.0. The van der Waals surface area contributed by atoms with Gasteiger partial charge in [0.15, 0.2) is 0 Å². The summed E-state index contributed by atoms with van der Waals surface area (Å²) in [5, 5.41) is 22.7. The first-order valence-electron chi connectivity index (χ1n) is 18.7. The van der Waals surface area contributed by atoms with Gasteiger partial charge in [-0.1, -0.05) is 164 Å². The van der Waals surface area contributed by atoms with Crippen LogP contribution in [0, 0.1) is 11.3 Å². The van der Waals surface area contributed by atoms with E-state index in [0.29, 0.717) is 5.56 Å². The summed E-state index contributed by atoms with van der Waals surface area (Å²) in [7, 11) is 0. The van der Waals surface area contributed by atoms with E-state index in [-0.39, 0.29) is 0 Å². The molecule has 11 rings (SSSR count). The van der Waals surface area contributed by atoms with E-state index in [9.17, 15) is 5.26 Å². The first-order valence-corrected chi connectivity index (χ1v) is 18.7. The molecule has 0 spiro atoms. The highest BCUT2D eigenvalue weighted by molar-refractivity contribution is 6.32. The molecule has 1 heterocycles. The number of fused-ring (bicyclic) bond motifs is 10. The molecule has 0 atom stereocenters. The predicted octanol–water partition coefficient (Wildman–Crippen LogP) is 14.3. The third kappa shape index (κ3) is 4.74. The minimum atomic E-state index is 0.622. The fourth-order valence-corrected chi connectivity index (χ4v) is 9.08. The maximum atomic E-state index is 10.5. The molecule has 11 aromatic rings. The van der Waals surface area contributed by atoms with Crippen LogP contribution in [0.1, 0.15) is 5.56 Å². The monoisotopic (exact) mass is 696 g/mol. The van der Waals surface area contributed by atoms with Gasteiger partial charge in [0.25, 0.3) is 0 Å². The molecule has 0 amide bonds. The van der Waals surface area contributed by atoms with E-state index >= 15 is 0 Å².